The minimum absolute atomic E-state index is 0.0258. The van der Waals surface area contributed by atoms with E-state index in [-0.39, 0.29) is 17.1 Å². The number of likely N-dealkylation sites (tertiary alicyclic amines) is 1. The van der Waals surface area contributed by atoms with Crippen LogP contribution in [-0.4, -0.2) is 56.7 Å². The zero-order valence-corrected chi connectivity index (χ0v) is 19.9. The van der Waals surface area contributed by atoms with E-state index in [2.05, 4.69) is 27.5 Å². The minimum Gasteiger partial charge on any atom is -0.497 e. The molecule has 2 aromatic carbocycles. The Labute approximate surface area is 208 Å². The van der Waals surface area contributed by atoms with E-state index in [0.717, 1.165) is 24.2 Å². The minimum atomic E-state index is -1.13. The molecule has 2 aromatic heterocycles. The zero-order valence-electron chi connectivity index (χ0n) is 19.9. The van der Waals surface area contributed by atoms with Crippen molar-refractivity contribution < 1.29 is 19.4 Å². The Morgan fingerprint density at radius 2 is 1.83 bits per heavy atom. The highest BCUT2D eigenvalue weighted by atomic mass is 16.5. The first-order valence-corrected chi connectivity index (χ1v) is 11.9. The summed E-state index contributed by atoms with van der Waals surface area (Å²) in [7, 11) is 1.61. The van der Waals surface area contributed by atoms with Crippen molar-refractivity contribution in [3.8, 4) is 5.75 Å². The first-order chi connectivity index (χ1) is 17.5. The molecule has 184 valence electrons. The molecule has 4 aromatic rings. The molecule has 2 N–H and O–H groups in total. The van der Waals surface area contributed by atoms with Crippen molar-refractivity contribution in [1.29, 1.82) is 0 Å². The number of amides is 1. The lowest BCUT2D eigenvalue weighted by Crippen LogP contribution is -2.38. The second kappa shape index (κ2) is 10.1. The highest BCUT2D eigenvalue weighted by Gasteiger charge is 2.28. The summed E-state index contributed by atoms with van der Waals surface area (Å²) in [5, 5.41) is 17.1. The van der Waals surface area contributed by atoms with Gasteiger partial charge in [-0.25, -0.2) is 9.78 Å². The molecule has 1 amide bonds. The molecule has 1 aliphatic heterocycles. The Bertz CT molecular complexity index is 1390. The summed E-state index contributed by atoms with van der Waals surface area (Å²) in [6, 6.07) is 18.0. The average molecular weight is 486 g/mol. The highest BCUT2D eigenvalue weighted by Crippen LogP contribution is 2.30. The molecule has 5 rings (SSSR count). The van der Waals surface area contributed by atoms with Gasteiger partial charge in [-0.2, -0.15) is 9.61 Å². The number of anilines is 1. The van der Waals surface area contributed by atoms with Crippen molar-refractivity contribution >= 4 is 23.3 Å². The van der Waals surface area contributed by atoms with Crippen LogP contribution in [0.5, 0.6) is 5.75 Å². The van der Waals surface area contributed by atoms with E-state index in [9.17, 15) is 14.7 Å². The van der Waals surface area contributed by atoms with Crippen molar-refractivity contribution in [3.63, 3.8) is 0 Å². The number of fused-ring (bicyclic) bond motifs is 1. The molecule has 0 atom stereocenters. The lowest BCUT2D eigenvalue weighted by atomic mass is 9.89. The molecule has 0 spiro atoms. The largest absolute Gasteiger partial charge is 0.497 e. The topological polar surface area (TPSA) is 109 Å². The Kier molecular flexibility index (Phi) is 6.53. The highest BCUT2D eigenvalue weighted by molar-refractivity contribution is 6.00. The van der Waals surface area contributed by atoms with Gasteiger partial charge in [-0.05, 0) is 42.0 Å². The van der Waals surface area contributed by atoms with Gasteiger partial charge in [0.25, 0.3) is 5.91 Å². The summed E-state index contributed by atoms with van der Waals surface area (Å²) in [4.78, 5) is 31.4. The molecule has 36 heavy (non-hydrogen) atoms. The molecule has 0 saturated carbocycles. The van der Waals surface area contributed by atoms with Crippen LogP contribution >= 0.6 is 0 Å². The maximum Gasteiger partial charge on any atom is 0.341 e. The maximum atomic E-state index is 13.6. The van der Waals surface area contributed by atoms with Crippen LogP contribution in [-0.2, 0) is 6.54 Å². The number of hydrogen-bond donors (Lipinski definition) is 2. The molecule has 1 saturated heterocycles. The molecule has 1 fully saturated rings. The Morgan fingerprint density at radius 1 is 1.06 bits per heavy atom. The predicted molar refractivity (Wildman–Crippen MR) is 135 cm³/mol. The Morgan fingerprint density at radius 3 is 2.56 bits per heavy atom. The molecule has 0 aliphatic carbocycles. The van der Waals surface area contributed by atoms with E-state index in [1.165, 1.54) is 22.5 Å². The fourth-order valence-electron chi connectivity index (χ4n) is 4.69. The summed E-state index contributed by atoms with van der Waals surface area (Å²) in [5.74, 6) is 0.269. The summed E-state index contributed by atoms with van der Waals surface area (Å²) in [6.45, 7) is 1.64. The van der Waals surface area contributed by atoms with Crippen LogP contribution in [0.4, 0.5) is 5.82 Å². The molecule has 9 heteroatoms. The molecule has 0 unspecified atom stereocenters. The van der Waals surface area contributed by atoms with Gasteiger partial charge in [0.05, 0.1) is 13.3 Å². The standard InChI is InChI=1S/C27H27N5O4/c1-36-21-9-5-6-18(14-21)15-28-24-22(16-29-25-23(27(34)35)17-30-32(24)25)26(33)31-12-10-20(11-13-31)19-7-3-2-4-8-19/h2-9,14,16-17,20,28H,10-13,15H2,1H3,(H,34,35). The fraction of sp³-hybridized carbons (Fsp3) is 0.259. The van der Waals surface area contributed by atoms with E-state index in [1.807, 2.05) is 47.4 Å². The fourth-order valence-corrected chi connectivity index (χ4v) is 4.69. The number of nitrogens with one attached hydrogen (secondary N) is 1. The van der Waals surface area contributed by atoms with E-state index in [4.69, 9.17) is 4.74 Å². The number of rotatable bonds is 7. The quantitative estimate of drug-likeness (QED) is 0.406. The lowest BCUT2D eigenvalue weighted by molar-refractivity contribution is 0.0695. The van der Waals surface area contributed by atoms with Gasteiger partial charge in [0, 0.05) is 25.8 Å². The molecule has 9 nitrogen and oxygen atoms in total. The van der Waals surface area contributed by atoms with Crippen molar-refractivity contribution in [2.45, 2.75) is 25.3 Å². The summed E-state index contributed by atoms with van der Waals surface area (Å²) >= 11 is 0. The van der Waals surface area contributed by atoms with Gasteiger partial charge < -0.3 is 20.1 Å². The van der Waals surface area contributed by atoms with Gasteiger partial charge in [0.2, 0.25) is 0 Å². The number of nitrogens with zero attached hydrogens (tertiary/aromatic N) is 4. The van der Waals surface area contributed by atoms with Crippen LogP contribution in [0.25, 0.3) is 5.65 Å². The van der Waals surface area contributed by atoms with Gasteiger partial charge in [-0.3, -0.25) is 4.79 Å². The van der Waals surface area contributed by atoms with Crippen LogP contribution in [0.3, 0.4) is 0 Å². The Hall–Kier alpha value is -4.40. The van der Waals surface area contributed by atoms with E-state index in [1.54, 1.807) is 7.11 Å². The van der Waals surface area contributed by atoms with Crippen LogP contribution < -0.4 is 10.1 Å². The third kappa shape index (κ3) is 4.59. The molecular formula is C27H27N5O4. The first-order valence-electron chi connectivity index (χ1n) is 11.9. The van der Waals surface area contributed by atoms with Gasteiger partial charge in [-0.15, -0.1) is 0 Å². The van der Waals surface area contributed by atoms with Gasteiger partial charge in [-0.1, -0.05) is 42.5 Å². The van der Waals surface area contributed by atoms with E-state index < -0.39 is 5.97 Å². The number of hydrogen-bond acceptors (Lipinski definition) is 6. The lowest BCUT2D eigenvalue weighted by Gasteiger charge is -2.32. The van der Waals surface area contributed by atoms with Gasteiger partial charge >= 0.3 is 5.97 Å². The number of carbonyl (C=O) groups excluding carboxylic acids is 1. The molecule has 1 aliphatic rings. The predicted octanol–water partition coefficient (Wildman–Crippen LogP) is 4.07. The van der Waals surface area contributed by atoms with E-state index >= 15 is 0 Å². The molecular weight excluding hydrogens is 458 g/mol. The second-order valence-corrected chi connectivity index (χ2v) is 8.80. The summed E-state index contributed by atoms with van der Waals surface area (Å²) in [6.07, 6.45) is 4.45. The smallest absolute Gasteiger partial charge is 0.341 e. The number of carboxylic acid groups (broad SMARTS) is 1. The molecule has 0 radical (unpaired) electrons. The van der Waals surface area contributed by atoms with Crippen molar-refractivity contribution in [2.75, 3.05) is 25.5 Å². The Balaban J connectivity index is 1.42. The number of carbonyl (C=O) groups is 2. The maximum absolute atomic E-state index is 13.6. The monoisotopic (exact) mass is 485 g/mol. The number of methoxy groups -OCH3 is 1. The molecule has 0 bridgehead atoms. The average Bonchev–Trinajstić information content (AvgIpc) is 3.37. The number of aromatic carboxylic acids is 1. The SMILES string of the molecule is COc1cccc(CNc2c(C(=O)N3CCC(c4ccccc4)CC3)cnc3c(C(=O)O)cnn23)c1. The van der Waals surface area contributed by atoms with Crippen LogP contribution in [0.15, 0.2) is 67.0 Å². The van der Waals surface area contributed by atoms with Gasteiger partial charge in [0.15, 0.2) is 5.65 Å². The van der Waals surface area contributed by atoms with Crippen LogP contribution in [0, 0.1) is 0 Å². The first kappa shape index (κ1) is 23.3. The molecule has 3 heterocycles. The number of benzene rings is 2. The second-order valence-electron chi connectivity index (χ2n) is 8.80. The van der Waals surface area contributed by atoms with Gasteiger partial charge in [0.1, 0.15) is 22.7 Å². The normalized spacial score (nSPS) is 14.1. The number of carboxylic acids is 1. The third-order valence-corrected chi connectivity index (χ3v) is 6.63. The van der Waals surface area contributed by atoms with Crippen molar-refractivity contribution in [1.82, 2.24) is 19.5 Å². The number of piperidine rings is 1. The van der Waals surface area contributed by atoms with E-state index in [0.29, 0.717) is 36.9 Å². The summed E-state index contributed by atoms with van der Waals surface area (Å²) in [5.41, 5.74) is 2.73. The number of ether oxygens (including phenoxy) is 1. The summed E-state index contributed by atoms with van der Waals surface area (Å²) < 4.78 is 6.70. The van der Waals surface area contributed by atoms with Crippen LogP contribution in [0.2, 0.25) is 0 Å². The van der Waals surface area contributed by atoms with Crippen molar-refractivity contribution in [3.05, 3.63) is 89.2 Å². The van der Waals surface area contributed by atoms with Crippen molar-refractivity contribution in [2.24, 2.45) is 0 Å². The zero-order chi connectivity index (χ0) is 25.1. The number of aromatic nitrogens is 3. The third-order valence-electron chi connectivity index (χ3n) is 6.63. The van der Waals surface area contributed by atoms with Crippen LogP contribution in [0.1, 0.15) is 50.6 Å².